The molecule has 3 nitrogen and oxygen atoms in total. The Morgan fingerprint density at radius 2 is 2.06 bits per heavy atom. The molecular weight excluding hydrogens is 228 g/mol. The summed E-state index contributed by atoms with van der Waals surface area (Å²) in [6.07, 6.45) is 1.91. The Bertz CT molecular complexity index is 498. The van der Waals surface area contributed by atoms with Gasteiger partial charge in [0.25, 0.3) is 0 Å². The number of rotatable bonds is 3. The summed E-state index contributed by atoms with van der Waals surface area (Å²) in [6.45, 7) is 4.43. The Morgan fingerprint density at radius 3 is 2.72 bits per heavy atom. The van der Waals surface area contributed by atoms with Crippen LogP contribution in [-0.4, -0.2) is 19.2 Å². The summed E-state index contributed by atoms with van der Waals surface area (Å²) in [4.78, 5) is 12.0. The number of benzene rings is 1. The largest absolute Gasteiger partial charge is 0.493 e. The maximum atomic E-state index is 12.0. The predicted octanol–water partition coefficient (Wildman–Crippen LogP) is 2.94. The van der Waals surface area contributed by atoms with Crippen molar-refractivity contribution < 1.29 is 14.3 Å². The van der Waals surface area contributed by atoms with Gasteiger partial charge in [-0.25, -0.2) is 4.79 Å². The zero-order valence-electron chi connectivity index (χ0n) is 10.6. The maximum Gasteiger partial charge on any atom is 0.342 e. The second-order valence-corrected chi connectivity index (χ2v) is 3.95. The van der Waals surface area contributed by atoms with Gasteiger partial charge in [0, 0.05) is 0 Å². The number of hydrogen-bond acceptors (Lipinski definition) is 3. The molecule has 1 heterocycles. The van der Waals surface area contributed by atoms with E-state index in [0.29, 0.717) is 24.5 Å². The lowest BCUT2D eigenvalue weighted by atomic mass is 9.95. The van der Waals surface area contributed by atoms with Gasteiger partial charge in [0.05, 0.1) is 6.61 Å². The first-order chi connectivity index (χ1) is 8.74. The molecule has 0 atom stereocenters. The third-order valence-corrected chi connectivity index (χ3v) is 2.77. The van der Waals surface area contributed by atoms with Crippen molar-refractivity contribution in [2.75, 3.05) is 13.2 Å². The van der Waals surface area contributed by atoms with Gasteiger partial charge in [-0.1, -0.05) is 30.3 Å². The van der Waals surface area contributed by atoms with Crippen molar-refractivity contribution in [3.8, 4) is 0 Å². The van der Waals surface area contributed by atoms with E-state index in [1.54, 1.807) is 13.8 Å². The van der Waals surface area contributed by atoms with Gasteiger partial charge in [0.2, 0.25) is 0 Å². The molecule has 0 aliphatic carbocycles. The Balaban J connectivity index is 2.40. The molecule has 94 valence electrons. The molecule has 2 rings (SSSR count). The van der Waals surface area contributed by atoms with Crippen LogP contribution in [0.5, 0.6) is 0 Å². The molecule has 0 saturated carbocycles. The van der Waals surface area contributed by atoms with Crippen LogP contribution in [0.4, 0.5) is 0 Å². The summed E-state index contributed by atoms with van der Waals surface area (Å²) in [6, 6.07) is 9.80. The van der Waals surface area contributed by atoms with E-state index >= 15 is 0 Å². The molecule has 0 radical (unpaired) electrons. The van der Waals surface area contributed by atoms with Gasteiger partial charge in [-0.05, 0) is 31.1 Å². The number of allylic oxidation sites excluding steroid dienone is 1. The molecule has 0 fully saturated rings. The molecule has 0 N–H and O–H groups in total. The summed E-state index contributed by atoms with van der Waals surface area (Å²) in [5.41, 5.74) is 2.41. The van der Waals surface area contributed by atoms with E-state index in [2.05, 4.69) is 0 Å². The average molecular weight is 244 g/mol. The lowest BCUT2D eigenvalue weighted by Crippen LogP contribution is -2.15. The predicted molar refractivity (Wildman–Crippen MR) is 69.7 cm³/mol. The molecular formula is C15H16O3. The van der Waals surface area contributed by atoms with E-state index in [9.17, 15) is 4.79 Å². The maximum absolute atomic E-state index is 12.0. The smallest absolute Gasteiger partial charge is 0.342 e. The van der Waals surface area contributed by atoms with E-state index in [4.69, 9.17) is 9.47 Å². The summed E-state index contributed by atoms with van der Waals surface area (Å²) in [5, 5.41) is 0. The van der Waals surface area contributed by atoms with Crippen molar-refractivity contribution >= 4 is 11.5 Å². The first kappa shape index (κ1) is 12.4. The molecule has 0 aromatic heterocycles. The highest BCUT2D eigenvalue weighted by Gasteiger charge is 2.23. The monoisotopic (exact) mass is 244 g/mol. The van der Waals surface area contributed by atoms with Crippen LogP contribution >= 0.6 is 0 Å². The SMILES string of the molecule is CCOC(=O)C1=C(C)OCC=C1c1ccccc1. The first-order valence-electron chi connectivity index (χ1n) is 6.00. The number of carbonyl (C=O) groups excluding carboxylic acids is 1. The van der Waals surface area contributed by atoms with E-state index < -0.39 is 0 Å². The average Bonchev–Trinajstić information content (AvgIpc) is 2.39. The summed E-state index contributed by atoms with van der Waals surface area (Å²) < 4.78 is 10.5. The summed E-state index contributed by atoms with van der Waals surface area (Å²) in [7, 11) is 0. The van der Waals surface area contributed by atoms with Crippen molar-refractivity contribution in [1.82, 2.24) is 0 Å². The summed E-state index contributed by atoms with van der Waals surface area (Å²) in [5.74, 6) is 0.291. The van der Waals surface area contributed by atoms with E-state index in [1.807, 2.05) is 36.4 Å². The highest BCUT2D eigenvalue weighted by molar-refractivity contribution is 6.07. The molecule has 0 spiro atoms. The van der Waals surface area contributed by atoms with Gasteiger partial charge < -0.3 is 9.47 Å². The van der Waals surface area contributed by atoms with Crippen LogP contribution < -0.4 is 0 Å². The zero-order valence-corrected chi connectivity index (χ0v) is 10.6. The Morgan fingerprint density at radius 1 is 1.33 bits per heavy atom. The molecule has 1 aliphatic rings. The minimum absolute atomic E-state index is 0.329. The van der Waals surface area contributed by atoms with Gasteiger partial charge in [-0.15, -0.1) is 0 Å². The fourth-order valence-corrected chi connectivity index (χ4v) is 1.95. The second-order valence-electron chi connectivity index (χ2n) is 3.95. The van der Waals surface area contributed by atoms with Crippen molar-refractivity contribution in [3.63, 3.8) is 0 Å². The molecule has 0 saturated heterocycles. The Labute approximate surface area is 107 Å². The molecule has 0 amide bonds. The van der Waals surface area contributed by atoms with Gasteiger partial charge in [0.15, 0.2) is 0 Å². The van der Waals surface area contributed by atoms with Crippen LogP contribution in [0.25, 0.3) is 5.57 Å². The van der Waals surface area contributed by atoms with Gasteiger partial charge in [-0.3, -0.25) is 0 Å². The summed E-state index contributed by atoms with van der Waals surface area (Å²) >= 11 is 0. The highest BCUT2D eigenvalue weighted by Crippen LogP contribution is 2.30. The zero-order chi connectivity index (χ0) is 13.0. The number of hydrogen-bond donors (Lipinski definition) is 0. The van der Waals surface area contributed by atoms with Gasteiger partial charge >= 0.3 is 5.97 Å². The van der Waals surface area contributed by atoms with Crippen LogP contribution in [0, 0.1) is 0 Å². The molecule has 18 heavy (non-hydrogen) atoms. The van der Waals surface area contributed by atoms with Gasteiger partial charge in [0.1, 0.15) is 17.9 Å². The standard InChI is InChI=1S/C15H16O3/c1-3-17-15(16)14-11(2)18-10-9-13(14)12-7-5-4-6-8-12/h4-9H,3,10H2,1-2H3. The minimum atomic E-state index is -0.329. The lowest BCUT2D eigenvalue weighted by Gasteiger charge is -2.19. The van der Waals surface area contributed by atoms with Crippen molar-refractivity contribution in [3.05, 3.63) is 53.3 Å². The minimum Gasteiger partial charge on any atom is -0.493 e. The fourth-order valence-electron chi connectivity index (χ4n) is 1.95. The molecule has 3 heteroatoms. The van der Waals surface area contributed by atoms with Crippen molar-refractivity contribution in [2.45, 2.75) is 13.8 Å². The normalized spacial score (nSPS) is 14.9. The third-order valence-electron chi connectivity index (χ3n) is 2.77. The van der Waals surface area contributed by atoms with Crippen LogP contribution in [-0.2, 0) is 14.3 Å². The van der Waals surface area contributed by atoms with Crippen LogP contribution in [0.15, 0.2) is 47.7 Å². The Hall–Kier alpha value is -2.03. The lowest BCUT2D eigenvalue weighted by molar-refractivity contribution is -0.138. The topological polar surface area (TPSA) is 35.5 Å². The molecule has 1 aromatic carbocycles. The van der Waals surface area contributed by atoms with E-state index in [1.165, 1.54) is 0 Å². The molecule has 1 aromatic rings. The van der Waals surface area contributed by atoms with Crippen molar-refractivity contribution in [1.29, 1.82) is 0 Å². The third kappa shape index (κ3) is 2.45. The second kappa shape index (κ2) is 5.54. The number of carbonyl (C=O) groups is 1. The quantitative estimate of drug-likeness (QED) is 0.767. The van der Waals surface area contributed by atoms with Crippen LogP contribution in [0.3, 0.4) is 0 Å². The van der Waals surface area contributed by atoms with Crippen molar-refractivity contribution in [2.24, 2.45) is 0 Å². The van der Waals surface area contributed by atoms with E-state index in [0.717, 1.165) is 11.1 Å². The molecule has 1 aliphatic heterocycles. The molecule has 0 bridgehead atoms. The van der Waals surface area contributed by atoms with Gasteiger partial charge in [-0.2, -0.15) is 0 Å². The van der Waals surface area contributed by atoms with Crippen LogP contribution in [0.1, 0.15) is 19.4 Å². The van der Waals surface area contributed by atoms with Crippen LogP contribution in [0.2, 0.25) is 0 Å². The first-order valence-corrected chi connectivity index (χ1v) is 6.00. The number of esters is 1. The molecule has 0 unspecified atom stereocenters. The highest BCUT2D eigenvalue weighted by atomic mass is 16.5. The Kier molecular flexibility index (Phi) is 3.82. The number of ether oxygens (including phenoxy) is 2. The van der Waals surface area contributed by atoms with E-state index in [-0.39, 0.29) is 5.97 Å². The fraction of sp³-hybridized carbons (Fsp3) is 0.267.